The molecule has 0 bridgehead atoms. The highest BCUT2D eigenvalue weighted by atomic mass is 16.6. The zero-order chi connectivity index (χ0) is 24.4. The van der Waals surface area contributed by atoms with E-state index in [1.54, 1.807) is 26.0 Å². The van der Waals surface area contributed by atoms with Crippen LogP contribution in [0.3, 0.4) is 0 Å². The number of aromatic nitrogens is 1. The minimum atomic E-state index is -0.793. The van der Waals surface area contributed by atoms with Crippen molar-refractivity contribution in [2.24, 2.45) is 5.92 Å². The number of hydrogen-bond donors (Lipinski definition) is 0. The van der Waals surface area contributed by atoms with Gasteiger partial charge < -0.3 is 23.7 Å². The SMILES string of the molecule is COC[C@@H](OC(=O)[C@H](C)CC(=O)c1nccc(OC)c1OC(C)=O)[C@H](C)Oc1ccccc1. The molecule has 0 fully saturated rings. The fourth-order valence-electron chi connectivity index (χ4n) is 2.97. The van der Waals surface area contributed by atoms with Gasteiger partial charge in [0.2, 0.25) is 5.75 Å². The number of nitrogens with zero attached hydrogens (tertiary/aromatic N) is 1. The van der Waals surface area contributed by atoms with Crippen molar-refractivity contribution in [1.29, 1.82) is 0 Å². The van der Waals surface area contributed by atoms with Crippen LogP contribution in [-0.2, 0) is 19.1 Å². The van der Waals surface area contributed by atoms with Gasteiger partial charge in [0.25, 0.3) is 0 Å². The van der Waals surface area contributed by atoms with Crippen LogP contribution >= 0.6 is 0 Å². The number of rotatable bonds is 12. The molecule has 33 heavy (non-hydrogen) atoms. The average Bonchev–Trinajstić information content (AvgIpc) is 2.78. The lowest BCUT2D eigenvalue weighted by atomic mass is 10.0. The lowest BCUT2D eigenvalue weighted by Gasteiger charge is -2.25. The number of pyridine rings is 1. The molecule has 9 nitrogen and oxygen atoms in total. The van der Waals surface area contributed by atoms with Crippen LogP contribution in [0.25, 0.3) is 0 Å². The molecule has 0 aliphatic heterocycles. The van der Waals surface area contributed by atoms with Crippen LogP contribution in [0.1, 0.15) is 37.7 Å². The second-order valence-electron chi connectivity index (χ2n) is 7.38. The Hall–Kier alpha value is -3.46. The molecule has 0 radical (unpaired) electrons. The maximum absolute atomic E-state index is 12.9. The van der Waals surface area contributed by atoms with Crippen LogP contribution in [0.15, 0.2) is 42.6 Å². The van der Waals surface area contributed by atoms with E-state index in [4.69, 9.17) is 23.7 Å². The van der Waals surface area contributed by atoms with E-state index < -0.39 is 35.8 Å². The average molecular weight is 459 g/mol. The van der Waals surface area contributed by atoms with Gasteiger partial charge in [0, 0.05) is 32.7 Å². The van der Waals surface area contributed by atoms with Crippen LogP contribution in [0, 0.1) is 5.92 Å². The smallest absolute Gasteiger partial charge is 0.309 e. The summed E-state index contributed by atoms with van der Waals surface area (Å²) >= 11 is 0. The van der Waals surface area contributed by atoms with Gasteiger partial charge in [0.1, 0.15) is 11.9 Å². The molecule has 1 heterocycles. The number of Topliss-reactive ketones (excluding diaryl/α,β-unsaturated/α-hetero) is 1. The van der Waals surface area contributed by atoms with E-state index in [1.807, 2.05) is 18.2 Å². The molecule has 178 valence electrons. The molecule has 0 spiro atoms. The molecule has 3 atom stereocenters. The number of ketones is 1. The zero-order valence-electron chi connectivity index (χ0n) is 19.4. The second-order valence-corrected chi connectivity index (χ2v) is 7.38. The van der Waals surface area contributed by atoms with E-state index >= 15 is 0 Å². The highest BCUT2D eigenvalue weighted by Gasteiger charge is 2.29. The van der Waals surface area contributed by atoms with Gasteiger partial charge in [-0.05, 0) is 19.1 Å². The quantitative estimate of drug-likeness (QED) is 0.349. The van der Waals surface area contributed by atoms with E-state index in [-0.39, 0.29) is 30.2 Å². The highest BCUT2D eigenvalue weighted by Crippen LogP contribution is 2.31. The largest absolute Gasteiger partial charge is 0.493 e. The Balaban J connectivity index is 2.07. The number of hydrogen-bond acceptors (Lipinski definition) is 9. The third-order valence-corrected chi connectivity index (χ3v) is 4.68. The molecular formula is C24H29NO8. The molecule has 0 saturated heterocycles. The third kappa shape index (κ3) is 7.57. The Morgan fingerprint density at radius 3 is 2.33 bits per heavy atom. The van der Waals surface area contributed by atoms with Gasteiger partial charge in [0.05, 0.1) is 19.6 Å². The first kappa shape index (κ1) is 25.8. The Bertz CT molecular complexity index is 947. The summed E-state index contributed by atoms with van der Waals surface area (Å²) in [6.07, 6.45) is -0.0261. The van der Waals surface area contributed by atoms with E-state index in [0.29, 0.717) is 5.75 Å². The van der Waals surface area contributed by atoms with Gasteiger partial charge in [-0.2, -0.15) is 0 Å². The summed E-state index contributed by atoms with van der Waals surface area (Å²) in [5.41, 5.74) is -0.0987. The molecule has 0 unspecified atom stereocenters. The number of esters is 2. The lowest BCUT2D eigenvalue weighted by molar-refractivity contribution is -0.161. The first-order chi connectivity index (χ1) is 15.8. The summed E-state index contributed by atoms with van der Waals surface area (Å²) in [6, 6.07) is 10.6. The summed E-state index contributed by atoms with van der Waals surface area (Å²) in [5.74, 6) is -1.77. The summed E-state index contributed by atoms with van der Waals surface area (Å²) in [7, 11) is 2.87. The Kier molecular flexibility index (Phi) is 9.81. The fourth-order valence-corrected chi connectivity index (χ4v) is 2.97. The predicted octanol–water partition coefficient (Wildman–Crippen LogP) is 3.25. The summed E-state index contributed by atoms with van der Waals surface area (Å²) in [4.78, 5) is 41.0. The maximum Gasteiger partial charge on any atom is 0.309 e. The number of ether oxygens (including phenoxy) is 5. The first-order valence-electron chi connectivity index (χ1n) is 10.4. The maximum atomic E-state index is 12.9. The number of benzene rings is 1. The van der Waals surface area contributed by atoms with E-state index in [0.717, 1.165) is 0 Å². The van der Waals surface area contributed by atoms with Crippen molar-refractivity contribution in [2.75, 3.05) is 20.8 Å². The monoisotopic (exact) mass is 459 g/mol. The van der Waals surface area contributed by atoms with Gasteiger partial charge in [-0.3, -0.25) is 14.4 Å². The van der Waals surface area contributed by atoms with Crippen molar-refractivity contribution in [3.8, 4) is 17.2 Å². The van der Waals surface area contributed by atoms with Gasteiger partial charge in [-0.15, -0.1) is 0 Å². The number of para-hydroxylation sites is 1. The molecule has 1 aromatic heterocycles. The predicted molar refractivity (Wildman–Crippen MR) is 118 cm³/mol. The second kappa shape index (κ2) is 12.5. The van der Waals surface area contributed by atoms with Crippen molar-refractivity contribution < 1.29 is 38.1 Å². The van der Waals surface area contributed by atoms with Crippen molar-refractivity contribution in [2.45, 2.75) is 39.4 Å². The van der Waals surface area contributed by atoms with Gasteiger partial charge in [0.15, 0.2) is 23.3 Å². The van der Waals surface area contributed by atoms with Crippen molar-refractivity contribution in [3.05, 3.63) is 48.3 Å². The minimum Gasteiger partial charge on any atom is -0.493 e. The van der Waals surface area contributed by atoms with E-state index in [2.05, 4.69) is 4.98 Å². The third-order valence-electron chi connectivity index (χ3n) is 4.68. The molecule has 1 aromatic carbocycles. The highest BCUT2D eigenvalue weighted by molar-refractivity contribution is 5.99. The molecule has 2 aromatic rings. The van der Waals surface area contributed by atoms with Gasteiger partial charge in [-0.1, -0.05) is 25.1 Å². The van der Waals surface area contributed by atoms with Crippen molar-refractivity contribution in [3.63, 3.8) is 0 Å². The first-order valence-corrected chi connectivity index (χ1v) is 10.4. The van der Waals surface area contributed by atoms with Crippen LogP contribution in [-0.4, -0.2) is 55.7 Å². The molecular weight excluding hydrogens is 430 g/mol. The van der Waals surface area contributed by atoms with Crippen LogP contribution < -0.4 is 14.2 Å². The topological polar surface area (TPSA) is 110 Å². The summed E-state index contributed by atoms with van der Waals surface area (Å²) < 4.78 is 26.9. The summed E-state index contributed by atoms with van der Waals surface area (Å²) in [5, 5.41) is 0. The molecule has 0 aliphatic carbocycles. The summed E-state index contributed by atoms with van der Waals surface area (Å²) in [6.45, 7) is 4.66. The Morgan fingerprint density at radius 1 is 1.03 bits per heavy atom. The molecule has 9 heteroatoms. The number of methoxy groups -OCH3 is 2. The van der Waals surface area contributed by atoms with E-state index in [9.17, 15) is 14.4 Å². The van der Waals surface area contributed by atoms with Gasteiger partial charge >= 0.3 is 11.9 Å². The molecule has 0 saturated carbocycles. The van der Waals surface area contributed by atoms with Gasteiger partial charge in [-0.25, -0.2) is 4.98 Å². The minimum absolute atomic E-state index is 0.0831. The van der Waals surface area contributed by atoms with Crippen molar-refractivity contribution >= 4 is 17.7 Å². The standard InChI is InChI=1S/C24H29NO8/c1-15(13-19(27)22-23(32-17(3)26)20(30-5)11-12-25-22)24(28)33-21(14-29-4)16(2)31-18-9-7-6-8-10-18/h6-12,15-16,21H,13-14H2,1-5H3/t15-,16+,21-/m1/s1. The molecule has 2 rings (SSSR count). The number of carbonyl (C=O) groups excluding carboxylic acids is 3. The molecule has 0 amide bonds. The fraction of sp³-hybridized carbons (Fsp3) is 0.417. The molecule has 0 N–H and O–H groups in total. The van der Waals surface area contributed by atoms with Crippen LogP contribution in [0.5, 0.6) is 17.2 Å². The van der Waals surface area contributed by atoms with Crippen molar-refractivity contribution in [1.82, 2.24) is 4.98 Å². The van der Waals surface area contributed by atoms with Crippen LogP contribution in [0.4, 0.5) is 0 Å². The Labute approximate surface area is 193 Å². The number of carbonyl (C=O) groups is 3. The van der Waals surface area contributed by atoms with E-state index in [1.165, 1.54) is 33.4 Å². The Morgan fingerprint density at radius 2 is 1.73 bits per heavy atom. The lowest BCUT2D eigenvalue weighted by Crippen LogP contribution is -2.38. The molecule has 0 aliphatic rings. The zero-order valence-corrected chi connectivity index (χ0v) is 19.4. The normalized spacial score (nSPS) is 13.4. The van der Waals surface area contributed by atoms with Crippen LogP contribution in [0.2, 0.25) is 0 Å².